The number of benzene rings is 1. The van der Waals surface area contributed by atoms with E-state index in [2.05, 4.69) is 15.2 Å². The van der Waals surface area contributed by atoms with E-state index in [1.807, 2.05) is 42.5 Å². The highest BCUT2D eigenvalue weighted by atomic mass is 16.5. The fraction of sp³-hybridized carbons (Fsp3) is 0.294. The molecule has 0 radical (unpaired) electrons. The highest BCUT2D eigenvalue weighted by Crippen LogP contribution is 2.16. The Balaban J connectivity index is 1.58. The van der Waals surface area contributed by atoms with Gasteiger partial charge < -0.3 is 15.0 Å². The lowest BCUT2D eigenvalue weighted by Gasteiger charge is -2.28. The number of hydrogen-bond donors (Lipinski definition) is 1. The molecule has 1 fully saturated rings. The number of nitrogens with one attached hydrogen (secondary N) is 1. The molecule has 2 heterocycles. The number of anilines is 1. The van der Waals surface area contributed by atoms with E-state index >= 15 is 0 Å². The maximum Gasteiger partial charge on any atom is 0.251 e. The summed E-state index contributed by atoms with van der Waals surface area (Å²) in [4.78, 5) is 18.6. The molecular weight excluding hydrogens is 278 g/mol. The topological polar surface area (TPSA) is 54.5 Å². The van der Waals surface area contributed by atoms with Gasteiger partial charge >= 0.3 is 0 Å². The molecule has 0 saturated carbocycles. The molecule has 1 N–H and O–H groups in total. The lowest BCUT2D eigenvalue weighted by Crippen LogP contribution is -2.36. The first-order valence-electron chi connectivity index (χ1n) is 7.44. The number of rotatable bonds is 4. The summed E-state index contributed by atoms with van der Waals surface area (Å²) in [5, 5.41) is 2.88. The molecule has 0 unspecified atom stereocenters. The summed E-state index contributed by atoms with van der Waals surface area (Å²) in [5.74, 6) is -0.0841. The largest absolute Gasteiger partial charge is 0.378 e. The van der Waals surface area contributed by atoms with Gasteiger partial charge in [0.05, 0.1) is 25.5 Å². The molecule has 5 heteroatoms. The molecule has 114 valence electrons. The van der Waals surface area contributed by atoms with Gasteiger partial charge in [-0.3, -0.25) is 9.78 Å². The summed E-state index contributed by atoms with van der Waals surface area (Å²) < 4.78 is 5.35. The molecule has 2 aromatic rings. The Hall–Kier alpha value is -2.40. The van der Waals surface area contributed by atoms with Crippen LogP contribution in [0.4, 0.5) is 5.69 Å². The quantitative estimate of drug-likeness (QED) is 0.936. The summed E-state index contributed by atoms with van der Waals surface area (Å²) in [6.07, 6.45) is 1.72. The molecule has 0 aliphatic carbocycles. The number of ether oxygens (including phenoxy) is 1. The number of morpholine rings is 1. The van der Waals surface area contributed by atoms with Gasteiger partial charge in [0.2, 0.25) is 0 Å². The van der Waals surface area contributed by atoms with Crippen molar-refractivity contribution in [3.63, 3.8) is 0 Å². The van der Waals surface area contributed by atoms with Crippen molar-refractivity contribution >= 4 is 11.6 Å². The number of pyridine rings is 1. The molecule has 0 atom stereocenters. The van der Waals surface area contributed by atoms with E-state index in [1.54, 1.807) is 6.20 Å². The Morgan fingerprint density at radius 2 is 1.91 bits per heavy atom. The standard InChI is InChI=1S/C17H19N3O2/c21-17(19-13-15-3-1-2-8-18-15)14-4-6-16(7-5-14)20-9-11-22-12-10-20/h1-8H,9-13H2,(H,19,21). The van der Waals surface area contributed by atoms with E-state index in [0.717, 1.165) is 37.7 Å². The van der Waals surface area contributed by atoms with Crippen molar-refractivity contribution in [3.05, 3.63) is 59.9 Å². The monoisotopic (exact) mass is 297 g/mol. The van der Waals surface area contributed by atoms with Crippen LogP contribution in [0.15, 0.2) is 48.7 Å². The Bertz CT molecular complexity index is 608. The van der Waals surface area contributed by atoms with Gasteiger partial charge in [0.1, 0.15) is 0 Å². The van der Waals surface area contributed by atoms with E-state index in [9.17, 15) is 4.79 Å². The molecule has 1 amide bonds. The maximum absolute atomic E-state index is 12.1. The fourth-order valence-electron chi connectivity index (χ4n) is 2.42. The van der Waals surface area contributed by atoms with Crippen LogP contribution in [0.1, 0.15) is 16.1 Å². The minimum absolute atomic E-state index is 0.0841. The average Bonchev–Trinajstić information content (AvgIpc) is 2.61. The zero-order valence-electron chi connectivity index (χ0n) is 12.4. The maximum atomic E-state index is 12.1. The second kappa shape index (κ2) is 7.04. The van der Waals surface area contributed by atoms with E-state index in [-0.39, 0.29) is 5.91 Å². The Morgan fingerprint density at radius 3 is 2.59 bits per heavy atom. The van der Waals surface area contributed by atoms with Crippen LogP contribution in [0.3, 0.4) is 0 Å². The first-order chi connectivity index (χ1) is 10.8. The molecular formula is C17H19N3O2. The van der Waals surface area contributed by atoms with Crippen LogP contribution in [-0.2, 0) is 11.3 Å². The molecule has 22 heavy (non-hydrogen) atoms. The Morgan fingerprint density at radius 1 is 1.14 bits per heavy atom. The summed E-state index contributed by atoms with van der Waals surface area (Å²) >= 11 is 0. The van der Waals surface area contributed by atoms with Crippen molar-refractivity contribution < 1.29 is 9.53 Å². The SMILES string of the molecule is O=C(NCc1ccccn1)c1ccc(N2CCOCC2)cc1. The third kappa shape index (κ3) is 3.62. The molecule has 5 nitrogen and oxygen atoms in total. The average molecular weight is 297 g/mol. The smallest absolute Gasteiger partial charge is 0.251 e. The molecule has 1 saturated heterocycles. The van der Waals surface area contributed by atoms with Gasteiger partial charge in [-0.2, -0.15) is 0 Å². The van der Waals surface area contributed by atoms with Crippen molar-refractivity contribution in [2.45, 2.75) is 6.54 Å². The molecule has 0 bridgehead atoms. The second-order valence-electron chi connectivity index (χ2n) is 5.15. The van der Waals surface area contributed by atoms with Crippen LogP contribution in [-0.4, -0.2) is 37.2 Å². The minimum atomic E-state index is -0.0841. The van der Waals surface area contributed by atoms with E-state index in [4.69, 9.17) is 4.74 Å². The molecule has 0 spiro atoms. The third-order valence-corrected chi connectivity index (χ3v) is 3.66. The molecule has 1 aromatic heterocycles. The summed E-state index contributed by atoms with van der Waals surface area (Å²) in [6, 6.07) is 13.3. The van der Waals surface area contributed by atoms with Gasteiger partial charge in [0, 0.05) is 30.5 Å². The van der Waals surface area contributed by atoms with E-state index in [0.29, 0.717) is 12.1 Å². The molecule has 1 aromatic carbocycles. The van der Waals surface area contributed by atoms with Gasteiger partial charge in [0.15, 0.2) is 0 Å². The zero-order valence-corrected chi connectivity index (χ0v) is 12.4. The van der Waals surface area contributed by atoms with E-state index < -0.39 is 0 Å². The number of nitrogens with zero attached hydrogens (tertiary/aromatic N) is 2. The highest BCUT2D eigenvalue weighted by molar-refractivity contribution is 5.94. The summed E-state index contributed by atoms with van der Waals surface area (Å²) in [5.41, 5.74) is 2.64. The Kier molecular flexibility index (Phi) is 4.65. The van der Waals surface area contributed by atoms with Gasteiger partial charge in [-0.15, -0.1) is 0 Å². The first kappa shape index (κ1) is 14.5. The molecule has 1 aliphatic heterocycles. The number of carbonyl (C=O) groups is 1. The number of aromatic nitrogens is 1. The number of amides is 1. The highest BCUT2D eigenvalue weighted by Gasteiger charge is 2.12. The van der Waals surface area contributed by atoms with Crippen molar-refractivity contribution in [2.24, 2.45) is 0 Å². The first-order valence-corrected chi connectivity index (χ1v) is 7.44. The van der Waals surface area contributed by atoms with Crippen molar-refractivity contribution in [3.8, 4) is 0 Å². The van der Waals surface area contributed by atoms with Crippen molar-refractivity contribution in [1.29, 1.82) is 0 Å². The molecule has 3 rings (SSSR count). The van der Waals surface area contributed by atoms with E-state index in [1.165, 1.54) is 0 Å². The van der Waals surface area contributed by atoms with Gasteiger partial charge in [-0.1, -0.05) is 6.07 Å². The zero-order chi connectivity index (χ0) is 15.2. The lowest BCUT2D eigenvalue weighted by molar-refractivity contribution is 0.0950. The minimum Gasteiger partial charge on any atom is -0.378 e. The van der Waals surface area contributed by atoms with Crippen LogP contribution >= 0.6 is 0 Å². The summed E-state index contributed by atoms with van der Waals surface area (Å²) in [7, 11) is 0. The van der Waals surface area contributed by atoms with Crippen LogP contribution in [0.25, 0.3) is 0 Å². The normalized spacial score (nSPS) is 14.6. The lowest BCUT2D eigenvalue weighted by atomic mass is 10.1. The predicted molar refractivity (Wildman–Crippen MR) is 84.9 cm³/mol. The fourth-order valence-corrected chi connectivity index (χ4v) is 2.42. The molecule has 1 aliphatic rings. The number of hydrogen-bond acceptors (Lipinski definition) is 4. The van der Waals surface area contributed by atoms with Crippen LogP contribution < -0.4 is 10.2 Å². The van der Waals surface area contributed by atoms with Crippen LogP contribution in [0, 0.1) is 0 Å². The Labute approximate surface area is 129 Å². The predicted octanol–water partition coefficient (Wildman–Crippen LogP) is 1.85. The van der Waals surface area contributed by atoms with Crippen LogP contribution in [0.5, 0.6) is 0 Å². The second-order valence-corrected chi connectivity index (χ2v) is 5.15. The number of carbonyl (C=O) groups excluding carboxylic acids is 1. The van der Waals surface area contributed by atoms with Gasteiger partial charge in [0.25, 0.3) is 5.91 Å². The van der Waals surface area contributed by atoms with Gasteiger partial charge in [-0.25, -0.2) is 0 Å². The third-order valence-electron chi connectivity index (χ3n) is 3.66. The van der Waals surface area contributed by atoms with Crippen molar-refractivity contribution in [2.75, 3.05) is 31.2 Å². The van der Waals surface area contributed by atoms with Gasteiger partial charge in [-0.05, 0) is 36.4 Å². The summed E-state index contributed by atoms with van der Waals surface area (Å²) in [6.45, 7) is 3.74. The van der Waals surface area contributed by atoms with Crippen molar-refractivity contribution in [1.82, 2.24) is 10.3 Å². The van der Waals surface area contributed by atoms with Crippen LogP contribution in [0.2, 0.25) is 0 Å².